The Morgan fingerprint density at radius 3 is 2.31 bits per heavy atom. The van der Waals surface area contributed by atoms with Crippen molar-refractivity contribution >= 4 is 5.91 Å². The van der Waals surface area contributed by atoms with Gasteiger partial charge in [0.1, 0.15) is 0 Å². The highest BCUT2D eigenvalue weighted by molar-refractivity contribution is 5.79. The molecule has 0 bridgehead atoms. The number of hydrogen-bond acceptors (Lipinski definition) is 2. The third kappa shape index (κ3) is 2.02. The van der Waals surface area contributed by atoms with Gasteiger partial charge < -0.3 is 9.80 Å². The van der Waals surface area contributed by atoms with E-state index in [0.29, 0.717) is 0 Å². The fourth-order valence-corrected chi connectivity index (χ4v) is 2.15. The Morgan fingerprint density at radius 1 is 1.46 bits per heavy atom. The van der Waals surface area contributed by atoms with Crippen LogP contribution in [-0.2, 0) is 4.79 Å². The molecule has 1 saturated heterocycles. The Labute approximate surface area is 80.7 Å². The molecular formula is C10H20N2O. The highest BCUT2D eigenvalue weighted by Crippen LogP contribution is 2.35. The lowest BCUT2D eigenvalue weighted by atomic mass is 9.81. The number of likely N-dealkylation sites (tertiary alicyclic amines) is 1. The summed E-state index contributed by atoms with van der Waals surface area (Å²) >= 11 is 0. The van der Waals surface area contributed by atoms with Crippen molar-refractivity contribution in [2.45, 2.75) is 13.8 Å². The monoisotopic (exact) mass is 184 g/mol. The fourth-order valence-electron chi connectivity index (χ4n) is 2.15. The Balaban J connectivity index is 2.75. The molecule has 1 amide bonds. The average molecular weight is 184 g/mol. The van der Waals surface area contributed by atoms with E-state index in [0.717, 1.165) is 13.1 Å². The lowest BCUT2D eigenvalue weighted by Gasteiger charge is -2.27. The van der Waals surface area contributed by atoms with Crippen LogP contribution in [0.2, 0.25) is 0 Å². The van der Waals surface area contributed by atoms with Crippen molar-refractivity contribution in [1.29, 1.82) is 0 Å². The van der Waals surface area contributed by atoms with Crippen molar-refractivity contribution in [2.75, 3.05) is 34.2 Å². The minimum atomic E-state index is 0.121. The topological polar surface area (TPSA) is 23.6 Å². The lowest BCUT2D eigenvalue weighted by Crippen LogP contribution is -2.37. The second kappa shape index (κ2) is 3.29. The zero-order valence-electron chi connectivity index (χ0n) is 9.29. The van der Waals surface area contributed by atoms with Gasteiger partial charge in [-0.05, 0) is 12.5 Å². The van der Waals surface area contributed by atoms with Crippen molar-refractivity contribution in [3.8, 4) is 0 Å². The molecule has 3 nitrogen and oxygen atoms in total. The molecule has 1 fully saturated rings. The van der Waals surface area contributed by atoms with Gasteiger partial charge in [-0.1, -0.05) is 13.8 Å². The van der Waals surface area contributed by atoms with Gasteiger partial charge in [0, 0.05) is 27.2 Å². The number of hydrogen-bond donors (Lipinski definition) is 0. The normalized spacial score (nSPS) is 27.6. The van der Waals surface area contributed by atoms with Crippen LogP contribution in [0, 0.1) is 11.3 Å². The van der Waals surface area contributed by atoms with Crippen LogP contribution in [0.1, 0.15) is 13.8 Å². The first-order valence-electron chi connectivity index (χ1n) is 4.74. The summed E-state index contributed by atoms with van der Waals surface area (Å²) in [4.78, 5) is 15.7. The fraction of sp³-hybridized carbons (Fsp3) is 0.900. The van der Waals surface area contributed by atoms with Crippen LogP contribution < -0.4 is 0 Å². The molecule has 0 aromatic heterocycles. The predicted molar refractivity (Wildman–Crippen MR) is 53.5 cm³/mol. The molecule has 1 atom stereocenters. The van der Waals surface area contributed by atoms with E-state index in [1.165, 1.54) is 0 Å². The number of nitrogens with zero attached hydrogens (tertiary/aromatic N) is 2. The molecule has 1 heterocycles. The van der Waals surface area contributed by atoms with Crippen LogP contribution in [0.25, 0.3) is 0 Å². The summed E-state index contributed by atoms with van der Waals surface area (Å²) in [6, 6.07) is 0. The first kappa shape index (κ1) is 10.5. The Bertz CT molecular complexity index is 211. The Hall–Kier alpha value is -0.570. The highest BCUT2D eigenvalue weighted by Gasteiger charge is 2.42. The minimum Gasteiger partial charge on any atom is -0.349 e. The van der Waals surface area contributed by atoms with Gasteiger partial charge in [-0.2, -0.15) is 0 Å². The van der Waals surface area contributed by atoms with Gasteiger partial charge in [0.2, 0.25) is 5.91 Å². The standard InChI is InChI=1S/C10H20N2O/c1-10(2)7-12(5)6-8(10)9(13)11(3)4/h8H,6-7H2,1-5H3. The summed E-state index contributed by atoms with van der Waals surface area (Å²) < 4.78 is 0. The molecule has 0 aromatic rings. The number of carbonyl (C=O) groups is 1. The van der Waals surface area contributed by atoms with E-state index in [4.69, 9.17) is 0 Å². The maximum Gasteiger partial charge on any atom is 0.227 e. The summed E-state index contributed by atoms with van der Waals surface area (Å²) in [6.45, 7) is 6.24. The Kier molecular flexibility index (Phi) is 2.66. The third-order valence-electron chi connectivity index (χ3n) is 2.85. The van der Waals surface area contributed by atoms with Crippen LogP contribution in [0.4, 0.5) is 0 Å². The molecule has 1 unspecified atom stereocenters. The molecule has 1 aliphatic rings. The van der Waals surface area contributed by atoms with Gasteiger partial charge in [-0.3, -0.25) is 4.79 Å². The summed E-state index contributed by atoms with van der Waals surface area (Å²) in [5, 5.41) is 0. The molecule has 0 aliphatic carbocycles. The maximum absolute atomic E-state index is 11.8. The van der Waals surface area contributed by atoms with Crippen molar-refractivity contribution in [3.05, 3.63) is 0 Å². The molecule has 0 radical (unpaired) electrons. The molecule has 0 saturated carbocycles. The SMILES string of the molecule is CN1CC(C(=O)N(C)C)C(C)(C)C1. The van der Waals surface area contributed by atoms with Crippen LogP contribution in [0.3, 0.4) is 0 Å². The van der Waals surface area contributed by atoms with E-state index in [1.807, 2.05) is 14.1 Å². The average Bonchev–Trinajstić information content (AvgIpc) is 2.22. The zero-order valence-corrected chi connectivity index (χ0v) is 9.29. The van der Waals surface area contributed by atoms with E-state index in [-0.39, 0.29) is 17.2 Å². The van der Waals surface area contributed by atoms with Crippen molar-refractivity contribution in [2.24, 2.45) is 11.3 Å². The first-order valence-corrected chi connectivity index (χ1v) is 4.74. The Morgan fingerprint density at radius 2 is 2.00 bits per heavy atom. The van der Waals surface area contributed by atoms with E-state index in [1.54, 1.807) is 4.90 Å². The largest absolute Gasteiger partial charge is 0.349 e. The minimum absolute atomic E-state index is 0.121. The summed E-state index contributed by atoms with van der Waals surface area (Å²) in [6.07, 6.45) is 0. The van der Waals surface area contributed by atoms with Crippen LogP contribution in [-0.4, -0.2) is 49.9 Å². The summed E-state index contributed by atoms with van der Waals surface area (Å²) in [5.74, 6) is 0.418. The third-order valence-corrected chi connectivity index (χ3v) is 2.85. The highest BCUT2D eigenvalue weighted by atomic mass is 16.2. The van der Waals surface area contributed by atoms with Crippen molar-refractivity contribution < 1.29 is 4.79 Å². The van der Waals surface area contributed by atoms with Crippen molar-refractivity contribution in [1.82, 2.24) is 9.80 Å². The number of rotatable bonds is 1. The smallest absolute Gasteiger partial charge is 0.227 e. The number of amides is 1. The van der Waals surface area contributed by atoms with Gasteiger partial charge in [0.15, 0.2) is 0 Å². The summed E-state index contributed by atoms with van der Waals surface area (Å²) in [7, 11) is 5.73. The zero-order chi connectivity index (χ0) is 10.2. The quantitative estimate of drug-likeness (QED) is 0.598. The van der Waals surface area contributed by atoms with E-state index in [2.05, 4.69) is 25.8 Å². The molecule has 1 aliphatic heterocycles. The molecule has 0 spiro atoms. The first-order chi connectivity index (χ1) is 5.84. The lowest BCUT2D eigenvalue weighted by molar-refractivity contribution is -0.135. The van der Waals surface area contributed by atoms with E-state index in [9.17, 15) is 4.79 Å². The predicted octanol–water partition coefficient (Wildman–Crippen LogP) is 0.662. The van der Waals surface area contributed by atoms with Crippen LogP contribution >= 0.6 is 0 Å². The number of carbonyl (C=O) groups excluding carboxylic acids is 1. The maximum atomic E-state index is 11.8. The molecule has 0 aromatic carbocycles. The molecule has 76 valence electrons. The second-order valence-electron chi connectivity index (χ2n) is 4.97. The van der Waals surface area contributed by atoms with Crippen LogP contribution in [0.15, 0.2) is 0 Å². The van der Waals surface area contributed by atoms with E-state index >= 15 is 0 Å². The molecular weight excluding hydrogens is 164 g/mol. The molecule has 13 heavy (non-hydrogen) atoms. The summed E-state index contributed by atoms with van der Waals surface area (Å²) in [5.41, 5.74) is 0.121. The van der Waals surface area contributed by atoms with Gasteiger partial charge in [0.25, 0.3) is 0 Å². The van der Waals surface area contributed by atoms with Gasteiger partial charge in [-0.15, -0.1) is 0 Å². The molecule has 1 rings (SSSR count). The molecule has 3 heteroatoms. The van der Waals surface area contributed by atoms with E-state index < -0.39 is 0 Å². The van der Waals surface area contributed by atoms with Gasteiger partial charge in [0.05, 0.1) is 5.92 Å². The van der Waals surface area contributed by atoms with Gasteiger partial charge in [-0.25, -0.2) is 0 Å². The second-order valence-corrected chi connectivity index (χ2v) is 4.97. The van der Waals surface area contributed by atoms with Crippen LogP contribution in [0.5, 0.6) is 0 Å². The van der Waals surface area contributed by atoms with Crippen molar-refractivity contribution in [3.63, 3.8) is 0 Å². The molecule has 0 N–H and O–H groups in total. The van der Waals surface area contributed by atoms with Gasteiger partial charge >= 0.3 is 0 Å².